The lowest BCUT2D eigenvalue weighted by atomic mass is 10.2. The summed E-state index contributed by atoms with van der Waals surface area (Å²) in [4.78, 5) is 0. The second-order valence-electron chi connectivity index (χ2n) is 4.45. The molecular formula is C15H11BrClN3. The van der Waals surface area contributed by atoms with Crippen molar-refractivity contribution in [1.82, 2.24) is 14.8 Å². The second-order valence-corrected chi connectivity index (χ2v) is 5.64. The molecule has 1 heterocycles. The van der Waals surface area contributed by atoms with E-state index in [1.165, 1.54) is 5.56 Å². The average molecular weight is 349 g/mol. The van der Waals surface area contributed by atoms with Crippen LogP contribution in [-0.4, -0.2) is 14.8 Å². The molecule has 0 N–H and O–H groups in total. The first-order valence-electron chi connectivity index (χ1n) is 6.09. The fourth-order valence-corrected chi connectivity index (χ4v) is 2.93. The van der Waals surface area contributed by atoms with Crippen LogP contribution in [0, 0.1) is 6.92 Å². The van der Waals surface area contributed by atoms with E-state index in [2.05, 4.69) is 26.1 Å². The molecule has 0 aliphatic carbocycles. The molecule has 0 unspecified atom stereocenters. The van der Waals surface area contributed by atoms with Crippen LogP contribution in [0.15, 0.2) is 53.0 Å². The van der Waals surface area contributed by atoms with Crippen molar-refractivity contribution in [3.8, 4) is 17.1 Å². The molecule has 1 aromatic heterocycles. The van der Waals surface area contributed by atoms with Crippen LogP contribution in [0.5, 0.6) is 0 Å². The minimum Gasteiger partial charge on any atom is -0.265 e. The summed E-state index contributed by atoms with van der Waals surface area (Å²) in [5, 5.41) is 8.52. The fourth-order valence-electron chi connectivity index (χ4n) is 2.05. The molecule has 2 aromatic carbocycles. The van der Waals surface area contributed by atoms with Gasteiger partial charge in [0.1, 0.15) is 0 Å². The molecule has 0 saturated carbocycles. The molecule has 0 aliphatic heterocycles. The SMILES string of the molecule is Cc1ccc(-n2c(Cl)nnc2-c2ccccc2)c(Br)c1. The Balaban J connectivity index is 2.22. The van der Waals surface area contributed by atoms with Gasteiger partial charge in [0.2, 0.25) is 5.28 Å². The van der Waals surface area contributed by atoms with Crippen molar-refractivity contribution in [2.24, 2.45) is 0 Å². The molecule has 3 rings (SSSR count). The maximum Gasteiger partial charge on any atom is 0.229 e. The van der Waals surface area contributed by atoms with Crippen LogP contribution in [0.25, 0.3) is 17.1 Å². The number of aryl methyl sites for hydroxylation is 1. The van der Waals surface area contributed by atoms with Gasteiger partial charge in [0.05, 0.1) is 5.69 Å². The smallest absolute Gasteiger partial charge is 0.229 e. The van der Waals surface area contributed by atoms with E-state index in [0.29, 0.717) is 5.28 Å². The summed E-state index contributed by atoms with van der Waals surface area (Å²) in [7, 11) is 0. The summed E-state index contributed by atoms with van der Waals surface area (Å²) < 4.78 is 2.79. The maximum absolute atomic E-state index is 6.21. The first-order valence-corrected chi connectivity index (χ1v) is 7.27. The molecule has 20 heavy (non-hydrogen) atoms. The molecule has 3 nitrogen and oxygen atoms in total. The van der Waals surface area contributed by atoms with Gasteiger partial charge in [0.25, 0.3) is 0 Å². The summed E-state index contributed by atoms with van der Waals surface area (Å²) in [6, 6.07) is 15.9. The Morgan fingerprint density at radius 3 is 2.50 bits per heavy atom. The largest absolute Gasteiger partial charge is 0.265 e. The zero-order valence-corrected chi connectivity index (χ0v) is 13.1. The van der Waals surface area contributed by atoms with Gasteiger partial charge in [-0.25, -0.2) is 0 Å². The van der Waals surface area contributed by atoms with E-state index in [1.807, 2.05) is 60.0 Å². The molecule has 0 radical (unpaired) electrons. The van der Waals surface area contributed by atoms with Crippen LogP contribution in [0.3, 0.4) is 0 Å². The molecule has 0 saturated heterocycles. The summed E-state index contributed by atoms with van der Waals surface area (Å²) in [5.41, 5.74) is 3.06. The molecule has 100 valence electrons. The van der Waals surface area contributed by atoms with Crippen molar-refractivity contribution in [1.29, 1.82) is 0 Å². The van der Waals surface area contributed by atoms with Gasteiger partial charge in [-0.3, -0.25) is 4.57 Å². The third-order valence-corrected chi connectivity index (χ3v) is 3.88. The molecule has 0 bridgehead atoms. The van der Waals surface area contributed by atoms with Crippen LogP contribution in [0.2, 0.25) is 5.28 Å². The zero-order valence-electron chi connectivity index (χ0n) is 10.7. The lowest BCUT2D eigenvalue weighted by Crippen LogP contribution is -1.99. The van der Waals surface area contributed by atoms with E-state index < -0.39 is 0 Å². The summed E-state index contributed by atoms with van der Waals surface area (Å²) in [5.74, 6) is 0.722. The molecule has 0 amide bonds. The predicted molar refractivity (Wildman–Crippen MR) is 84.2 cm³/mol. The number of rotatable bonds is 2. The van der Waals surface area contributed by atoms with E-state index in [4.69, 9.17) is 11.6 Å². The third kappa shape index (κ3) is 2.37. The van der Waals surface area contributed by atoms with Crippen molar-refractivity contribution in [2.75, 3.05) is 0 Å². The van der Waals surface area contributed by atoms with E-state index in [1.54, 1.807) is 0 Å². The number of nitrogens with zero attached hydrogens (tertiary/aromatic N) is 3. The quantitative estimate of drug-likeness (QED) is 0.674. The van der Waals surface area contributed by atoms with Crippen molar-refractivity contribution in [2.45, 2.75) is 6.92 Å². The molecular weight excluding hydrogens is 338 g/mol. The lowest BCUT2D eigenvalue weighted by molar-refractivity contribution is 1.05. The Hall–Kier alpha value is -1.65. The van der Waals surface area contributed by atoms with E-state index in [0.717, 1.165) is 21.5 Å². The molecule has 5 heteroatoms. The standard InChI is InChI=1S/C15H11BrClN3/c1-10-7-8-13(12(16)9-10)20-14(18-19-15(20)17)11-5-3-2-4-6-11/h2-9H,1H3. The van der Waals surface area contributed by atoms with E-state index >= 15 is 0 Å². The van der Waals surface area contributed by atoms with Crippen molar-refractivity contribution in [3.05, 3.63) is 63.9 Å². The molecule has 0 atom stereocenters. The Morgan fingerprint density at radius 1 is 1.05 bits per heavy atom. The van der Waals surface area contributed by atoms with Gasteiger partial charge in [-0.2, -0.15) is 0 Å². The van der Waals surface area contributed by atoms with E-state index in [-0.39, 0.29) is 0 Å². The number of aromatic nitrogens is 3. The highest BCUT2D eigenvalue weighted by molar-refractivity contribution is 9.10. The lowest BCUT2D eigenvalue weighted by Gasteiger charge is -2.10. The van der Waals surface area contributed by atoms with Crippen molar-refractivity contribution < 1.29 is 0 Å². The van der Waals surface area contributed by atoms with Crippen LogP contribution < -0.4 is 0 Å². The van der Waals surface area contributed by atoms with Crippen molar-refractivity contribution >= 4 is 27.5 Å². The van der Waals surface area contributed by atoms with Gasteiger partial charge in [0.15, 0.2) is 5.82 Å². The molecule has 0 aliphatic rings. The second kappa shape index (κ2) is 5.38. The topological polar surface area (TPSA) is 30.7 Å². The monoisotopic (exact) mass is 347 g/mol. The molecule has 0 fully saturated rings. The Labute approximate surface area is 130 Å². The Morgan fingerprint density at radius 2 is 1.80 bits per heavy atom. The number of halogens is 2. The van der Waals surface area contributed by atoms with E-state index in [9.17, 15) is 0 Å². The Kier molecular flexibility index (Phi) is 3.59. The fraction of sp³-hybridized carbons (Fsp3) is 0.0667. The summed E-state index contributed by atoms with van der Waals surface area (Å²) in [6.07, 6.45) is 0. The molecule has 3 aromatic rings. The molecule has 0 spiro atoms. The minimum atomic E-state index is 0.341. The van der Waals surface area contributed by atoms with Gasteiger partial charge in [0, 0.05) is 10.0 Å². The van der Waals surface area contributed by atoms with Gasteiger partial charge in [-0.1, -0.05) is 36.4 Å². The van der Waals surface area contributed by atoms with Gasteiger partial charge in [-0.15, -0.1) is 10.2 Å². The summed E-state index contributed by atoms with van der Waals surface area (Å²) in [6.45, 7) is 2.04. The Bertz CT molecular complexity index is 753. The maximum atomic E-state index is 6.21. The first kappa shape index (κ1) is 13.3. The zero-order chi connectivity index (χ0) is 14.1. The van der Waals surface area contributed by atoms with Gasteiger partial charge >= 0.3 is 0 Å². The minimum absolute atomic E-state index is 0.341. The predicted octanol–water partition coefficient (Wildman–Crippen LogP) is 4.66. The first-order chi connectivity index (χ1) is 9.66. The number of hydrogen-bond donors (Lipinski definition) is 0. The van der Waals surface area contributed by atoms with Crippen LogP contribution in [-0.2, 0) is 0 Å². The van der Waals surface area contributed by atoms with Crippen LogP contribution in [0.1, 0.15) is 5.56 Å². The van der Waals surface area contributed by atoms with Crippen molar-refractivity contribution in [3.63, 3.8) is 0 Å². The third-order valence-electron chi connectivity index (χ3n) is 3.00. The van der Waals surface area contributed by atoms with Crippen LogP contribution in [0.4, 0.5) is 0 Å². The number of hydrogen-bond acceptors (Lipinski definition) is 2. The summed E-state index contributed by atoms with van der Waals surface area (Å²) >= 11 is 9.78. The highest BCUT2D eigenvalue weighted by atomic mass is 79.9. The highest BCUT2D eigenvalue weighted by Crippen LogP contribution is 2.30. The highest BCUT2D eigenvalue weighted by Gasteiger charge is 2.15. The normalized spacial score (nSPS) is 10.8. The van der Waals surface area contributed by atoms with Gasteiger partial charge in [-0.05, 0) is 52.2 Å². The van der Waals surface area contributed by atoms with Gasteiger partial charge < -0.3 is 0 Å². The average Bonchev–Trinajstić information content (AvgIpc) is 2.82. The van der Waals surface area contributed by atoms with Crippen LogP contribution >= 0.6 is 27.5 Å². The number of benzene rings is 2.